The van der Waals surface area contributed by atoms with Crippen molar-refractivity contribution in [2.24, 2.45) is 0 Å². The highest BCUT2D eigenvalue weighted by Crippen LogP contribution is 2.31. The van der Waals surface area contributed by atoms with Gasteiger partial charge in [-0.1, -0.05) is 6.07 Å². The highest BCUT2D eigenvalue weighted by atomic mass is 32.2. The summed E-state index contributed by atoms with van der Waals surface area (Å²) < 4.78 is 72.0. The molecule has 0 atom stereocenters. The third kappa shape index (κ3) is 7.21. The number of hydrogen-bond donors (Lipinski definition) is 1. The molecule has 1 aromatic heterocycles. The molecule has 0 radical (unpaired) electrons. The maximum Gasteiger partial charge on any atom is 0.416 e. The monoisotopic (exact) mass is 506 g/mol. The summed E-state index contributed by atoms with van der Waals surface area (Å²) in [5.41, 5.74) is -1.07. The number of nitrogens with zero attached hydrogens (tertiary/aromatic N) is 3. The summed E-state index contributed by atoms with van der Waals surface area (Å²) in [4.78, 5) is 19.0. The van der Waals surface area contributed by atoms with Crippen molar-refractivity contribution in [1.82, 2.24) is 14.2 Å². The standard InChI is InChI=1S/C20H25F3N4O4S2/c1-15-13-24-19(32-15)25-18(28)14-27(7-3-6-26-8-10-31-11-9-26)33(29,30)17-5-2-4-16(12-17)20(21,22)23/h2,4-5,12-13H,3,6-11,14H2,1H3,(H,24,25,28). The van der Waals surface area contributed by atoms with Crippen LogP contribution < -0.4 is 5.32 Å². The molecule has 3 rings (SSSR count). The SMILES string of the molecule is Cc1cnc(NC(=O)CN(CCCN2CCOCC2)S(=O)(=O)c2cccc(C(F)(F)F)c2)s1. The lowest BCUT2D eigenvalue weighted by Crippen LogP contribution is -2.41. The second kappa shape index (κ2) is 10.9. The number of halogens is 3. The number of sulfonamides is 1. The highest BCUT2D eigenvalue weighted by Gasteiger charge is 2.33. The first-order valence-corrected chi connectivity index (χ1v) is 12.5. The number of aryl methyl sites for hydroxylation is 1. The minimum atomic E-state index is -4.69. The van der Waals surface area contributed by atoms with Gasteiger partial charge in [0.15, 0.2) is 5.13 Å². The lowest BCUT2D eigenvalue weighted by Gasteiger charge is -2.28. The minimum Gasteiger partial charge on any atom is -0.379 e. The fourth-order valence-electron chi connectivity index (χ4n) is 3.29. The van der Waals surface area contributed by atoms with Gasteiger partial charge >= 0.3 is 6.18 Å². The molecular formula is C20H25F3N4O4S2. The summed E-state index contributed by atoms with van der Waals surface area (Å²) in [7, 11) is -4.36. The zero-order chi connectivity index (χ0) is 24.1. The molecule has 1 amide bonds. The third-order valence-corrected chi connectivity index (χ3v) is 7.64. The number of alkyl halides is 3. The predicted molar refractivity (Wildman–Crippen MR) is 118 cm³/mol. The Kier molecular flexibility index (Phi) is 8.45. The summed E-state index contributed by atoms with van der Waals surface area (Å²) >= 11 is 1.23. The number of aromatic nitrogens is 1. The molecule has 8 nitrogen and oxygen atoms in total. The van der Waals surface area contributed by atoms with Crippen LogP contribution in [0.5, 0.6) is 0 Å². The quantitative estimate of drug-likeness (QED) is 0.563. The van der Waals surface area contributed by atoms with Crippen LogP contribution in [0.4, 0.5) is 18.3 Å². The molecule has 0 saturated carbocycles. The van der Waals surface area contributed by atoms with E-state index in [4.69, 9.17) is 4.74 Å². The van der Waals surface area contributed by atoms with Crippen LogP contribution in [-0.4, -0.2) is 74.5 Å². The first kappa shape index (κ1) is 25.6. The van der Waals surface area contributed by atoms with Gasteiger partial charge in [0.05, 0.1) is 30.2 Å². The smallest absolute Gasteiger partial charge is 0.379 e. The van der Waals surface area contributed by atoms with Crippen molar-refractivity contribution in [3.05, 3.63) is 40.9 Å². The lowest BCUT2D eigenvalue weighted by molar-refractivity contribution is -0.137. The number of anilines is 1. The average molecular weight is 507 g/mol. The van der Waals surface area contributed by atoms with E-state index in [0.717, 1.165) is 27.4 Å². The number of amides is 1. The number of carbonyl (C=O) groups excluding carboxylic acids is 1. The van der Waals surface area contributed by atoms with E-state index in [9.17, 15) is 26.4 Å². The second-order valence-electron chi connectivity index (χ2n) is 7.50. The average Bonchev–Trinajstić information content (AvgIpc) is 3.17. The first-order chi connectivity index (χ1) is 15.6. The number of carbonyl (C=O) groups is 1. The van der Waals surface area contributed by atoms with Crippen LogP contribution >= 0.6 is 11.3 Å². The summed E-state index contributed by atoms with van der Waals surface area (Å²) in [6, 6.07) is 3.54. The van der Waals surface area contributed by atoms with Gasteiger partial charge in [0, 0.05) is 30.7 Å². The van der Waals surface area contributed by atoms with Crippen molar-refractivity contribution in [3.8, 4) is 0 Å². The highest BCUT2D eigenvalue weighted by molar-refractivity contribution is 7.89. The van der Waals surface area contributed by atoms with Gasteiger partial charge in [-0.05, 0) is 38.1 Å². The number of morpholine rings is 1. The molecule has 2 aromatic rings. The lowest BCUT2D eigenvalue weighted by atomic mass is 10.2. The largest absolute Gasteiger partial charge is 0.416 e. The molecule has 0 unspecified atom stereocenters. The van der Waals surface area contributed by atoms with Gasteiger partial charge in [-0.3, -0.25) is 9.69 Å². The fourth-order valence-corrected chi connectivity index (χ4v) is 5.46. The van der Waals surface area contributed by atoms with E-state index in [2.05, 4.69) is 15.2 Å². The Morgan fingerprint density at radius 1 is 1.30 bits per heavy atom. The Balaban J connectivity index is 1.77. The van der Waals surface area contributed by atoms with Crippen LogP contribution in [0.25, 0.3) is 0 Å². The molecule has 13 heteroatoms. The Morgan fingerprint density at radius 3 is 2.67 bits per heavy atom. The molecule has 33 heavy (non-hydrogen) atoms. The van der Waals surface area contributed by atoms with Crippen molar-refractivity contribution in [2.75, 3.05) is 51.3 Å². The van der Waals surface area contributed by atoms with Gasteiger partial charge in [-0.2, -0.15) is 17.5 Å². The van der Waals surface area contributed by atoms with Gasteiger partial charge in [0.1, 0.15) is 0 Å². The summed E-state index contributed by atoms with van der Waals surface area (Å²) in [6.07, 6.45) is -2.71. The van der Waals surface area contributed by atoms with Gasteiger partial charge < -0.3 is 10.1 Å². The summed E-state index contributed by atoms with van der Waals surface area (Å²) in [5, 5.41) is 2.87. The van der Waals surface area contributed by atoms with Crippen molar-refractivity contribution in [3.63, 3.8) is 0 Å². The number of benzene rings is 1. The molecule has 1 aromatic carbocycles. The van der Waals surface area contributed by atoms with Crippen LogP contribution in [0.3, 0.4) is 0 Å². The van der Waals surface area contributed by atoms with Gasteiger partial charge in [-0.15, -0.1) is 11.3 Å². The molecule has 182 valence electrons. The van der Waals surface area contributed by atoms with E-state index < -0.39 is 39.1 Å². The van der Waals surface area contributed by atoms with Crippen LogP contribution in [0.2, 0.25) is 0 Å². The number of thiazole rings is 1. The molecule has 1 aliphatic heterocycles. The number of hydrogen-bond acceptors (Lipinski definition) is 7. The van der Waals surface area contributed by atoms with Crippen LogP contribution in [-0.2, 0) is 25.7 Å². The molecular weight excluding hydrogens is 481 g/mol. The van der Waals surface area contributed by atoms with Crippen LogP contribution in [0.15, 0.2) is 35.4 Å². The molecule has 1 N–H and O–H groups in total. The maximum absolute atomic E-state index is 13.2. The summed E-state index contributed by atoms with van der Waals surface area (Å²) in [5.74, 6) is -0.619. The normalized spacial score (nSPS) is 15.7. The third-order valence-electron chi connectivity index (χ3n) is 4.97. The molecule has 0 aliphatic carbocycles. The van der Waals surface area contributed by atoms with Crippen molar-refractivity contribution in [1.29, 1.82) is 0 Å². The minimum absolute atomic E-state index is 0.0275. The van der Waals surface area contributed by atoms with E-state index in [-0.39, 0.29) is 6.54 Å². The van der Waals surface area contributed by atoms with Gasteiger partial charge in [0.25, 0.3) is 0 Å². The van der Waals surface area contributed by atoms with Crippen molar-refractivity contribution in [2.45, 2.75) is 24.4 Å². The Hall–Kier alpha value is -2.06. The van der Waals surface area contributed by atoms with E-state index in [1.807, 2.05) is 6.92 Å². The van der Waals surface area contributed by atoms with Crippen molar-refractivity contribution >= 4 is 32.4 Å². The number of rotatable bonds is 9. The molecule has 1 fully saturated rings. The summed E-state index contributed by atoms with van der Waals surface area (Å²) in [6.45, 7) is 4.41. The zero-order valence-corrected chi connectivity index (χ0v) is 19.6. The molecule has 2 heterocycles. The Labute approximate surface area is 194 Å². The van der Waals surface area contributed by atoms with E-state index in [1.165, 1.54) is 11.3 Å². The van der Waals surface area contributed by atoms with E-state index in [0.29, 0.717) is 50.5 Å². The molecule has 0 bridgehead atoms. The Morgan fingerprint density at radius 2 is 2.03 bits per heavy atom. The molecule has 1 aliphatic rings. The topological polar surface area (TPSA) is 91.8 Å². The molecule has 0 spiro atoms. The predicted octanol–water partition coefficient (Wildman–Crippen LogP) is 2.82. The fraction of sp³-hybridized carbons (Fsp3) is 0.500. The van der Waals surface area contributed by atoms with E-state index >= 15 is 0 Å². The first-order valence-electron chi connectivity index (χ1n) is 10.3. The second-order valence-corrected chi connectivity index (χ2v) is 10.7. The number of nitrogens with one attached hydrogen (secondary N) is 1. The van der Waals surface area contributed by atoms with Gasteiger partial charge in [0.2, 0.25) is 15.9 Å². The maximum atomic E-state index is 13.2. The van der Waals surface area contributed by atoms with Crippen molar-refractivity contribution < 1.29 is 31.1 Å². The van der Waals surface area contributed by atoms with Gasteiger partial charge in [-0.25, -0.2) is 13.4 Å². The number of ether oxygens (including phenoxy) is 1. The zero-order valence-electron chi connectivity index (χ0n) is 18.0. The molecule has 1 saturated heterocycles. The Bertz CT molecular complexity index is 1050. The van der Waals surface area contributed by atoms with Crippen LogP contribution in [0.1, 0.15) is 16.9 Å². The van der Waals surface area contributed by atoms with E-state index in [1.54, 1.807) is 6.20 Å². The van der Waals surface area contributed by atoms with Crippen LogP contribution in [0, 0.1) is 6.92 Å².